The van der Waals surface area contributed by atoms with E-state index >= 15 is 0 Å². The maximum absolute atomic E-state index is 12.5. The highest BCUT2D eigenvalue weighted by Gasteiger charge is 2.59. The molecule has 0 heterocycles. The van der Waals surface area contributed by atoms with Crippen LogP contribution >= 0.6 is 0 Å². The minimum absolute atomic E-state index is 0.0383. The summed E-state index contributed by atoms with van der Waals surface area (Å²) in [6.45, 7) is 14.1. The van der Waals surface area contributed by atoms with E-state index in [9.17, 15) is 4.79 Å². The number of carbonyl (C=O) groups is 1. The van der Waals surface area contributed by atoms with Crippen LogP contribution in [0.3, 0.4) is 0 Å². The molecule has 1 N–H and O–H groups in total. The third-order valence-electron chi connectivity index (χ3n) is 11.6. The molecule has 0 radical (unpaired) electrons. The van der Waals surface area contributed by atoms with E-state index in [1.807, 2.05) is 0 Å². The lowest BCUT2D eigenvalue weighted by Gasteiger charge is -2.58. The average Bonchev–Trinajstić information content (AvgIpc) is 3.15. The van der Waals surface area contributed by atoms with Gasteiger partial charge in [0.05, 0.1) is 34.2 Å². The van der Waals surface area contributed by atoms with Gasteiger partial charge in [0, 0.05) is 6.42 Å². The summed E-state index contributed by atoms with van der Waals surface area (Å²) < 4.78 is 6.75. The molecule has 3 saturated carbocycles. The Morgan fingerprint density at radius 1 is 1.05 bits per heavy atom. The lowest BCUT2D eigenvalue weighted by molar-refractivity contribution is -0.869. The Bertz CT molecular complexity index is 829. The highest BCUT2D eigenvalue weighted by Crippen LogP contribution is 2.67. The first-order chi connectivity index (χ1) is 17.3. The number of nitrogens with zero attached hydrogens (tertiary/aromatic N) is 1. The van der Waals surface area contributed by atoms with E-state index in [-0.39, 0.29) is 12.2 Å². The van der Waals surface area contributed by atoms with Crippen molar-refractivity contribution in [1.29, 1.82) is 0 Å². The fourth-order valence-electron chi connectivity index (χ4n) is 9.44. The van der Waals surface area contributed by atoms with Crippen LogP contribution in [0.4, 0.5) is 4.79 Å². The summed E-state index contributed by atoms with van der Waals surface area (Å²) in [5, 5.41) is 2.98. The molecule has 4 heteroatoms. The topological polar surface area (TPSA) is 38.3 Å². The number of fused-ring (bicyclic) bond motifs is 5. The van der Waals surface area contributed by atoms with Gasteiger partial charge in [-0.15, -0.1) is 0 Å². The third kappa shape index (κ3) is 6.25. The van der Waals surface area contributed by atoms with Crippen LogP contribution in [0.2, 0.25) is 0 Å². The molecule has 0 aromatic rings. The van der Waals surface area contributed by atoms with Crippen molar-refractivity contribution in [2.75, 3.05) is 34.2 Å². The summed E-state index contributed by atoms with van der Waals surface area (Å²) in [6.07, 6.45) is 16.8. The van der Waals surface area contributed by atoms with Crippen molar-refractivity contribution in [2.24, 2.45) is 46.3 Å². The van der Waals surface area contributed by atoms with Gasteiger partial charge in [-0.25, -0.2) is 4.79 Å². The smallest absolute Gasteiger partial charge is 0.407 e. The van der Waals surface area contributed by atoms with Crippen LogP contribution in [0.25, 0.3) is 0 Å². The Kier molecular flexibility index (Phi) is 8.78. The summed E-state index contributed by atoms with van der Waals surface area (Å²) in [4.78, 5) is 12.5. The van der Waals surface area contributed by atoms with Crippen molar-refractivity contribution in [3.05, 3.63) is 11.6 Å². The normalized spacial score (nSPS) is 38.3. The molecule has 4 nitrogen and oxygen atoms in total. The van der Waals surface area contributed by atoms with Gasteiger partial charge in [-0.2, -0.15) is 0 Å². The van der Waals surface area contributed by atoms with Gasteiger partial charge in [-0.3, -0.25) is 0 Å². The van der Waals surface area contributed by atoms with E-state index in [0.29, 0.717) is 17.4 Å². The van der Waals surface area contributed by atoms with Gasteiger partial charge in [-0.1, -0.05) is 65.5 Å². The van der Waals surface area contributed by atoms with Gasteiger partial charge >= 0.3 is 6.09 Å². The van der Waals surface area contributed by atoms with Crippen molar-refractivity contribution in [1.82, 2.24) is 5.32 Å². The van der Waals surface area contributed by atoms with E-state index in [0.717, 1.165) is 59.4 Å². The molecule has 4 unspecified atom stereocenters. The van der Waals surface area contributed by atoms with Crippen molar-refractivity contribution >= 4 is 6.09 Å². The summed E-state index contributed by atoms with van der Waals surface area (Å²) in [6, 6.07) is 0. The van der Waals surface area contributed by atoms with Crippen LogP contribution < -0.4 is 5.32 Å². The molecular weight excluding hydrogens is 456 g/mol. The molecule has 37 heavy (non-hydrogen) atoms. The molecule has 0 spiro atoms. The maximum atomic E-state index is 12.5. The van der Waals surface area contributed by atoms with Crippen LogP contribution in [-0.4, -0.2) is 50.9 Å². The zero-order valence-electron chi connectivity index (χ0n) is 25.6. The second-order valence-electron chi connectivity index (χ2n) is 15.5. The lowest BCUT2D eigenvalue weighted by atomic mass is 9.47. The fourth-order valence-corrected chi connectivity index (χ4v) is 9.44. The highest BCUT2D eigenvalue weighted by atomic mass is 16.6. The highest BCUT2D eigenvalue weighted by molar-refractivity contribution is 5.67. The number of nitrogens with one attached hydrogen (secondary N) is 1. The third-order valence-corrected chi connectivity index (χ3v) is 11.6. The van der Waals surface area contributed by atoms with Crippen LogP contribution in [0.15, 0.2) is 11.6 Å². The van der Waals surface area contributed by atoms with Gasteiger partial charge in [0.2, 0.25) is 0 Å². The van der Waals surface area contributed by atoms with Crippen molar-refractivity contribution in [2.45, 2.75) is 111 Å². The van der Waals surface area contributed by atoms with Gasteiger partial charge in [-0.05, 0) is 91.3 Å². The predicted molar refractivity (Wildman–Crippen MR) is 154 cm³/mol. The summed E-state index contributed by atoms with van der Waals surface area (Å²) in [5.41, 5.74) is 2.46. The number of likely N-dealkylation sites (N-methyl/N-ethyl adjacent to an activating group) is 1. The van der Waals surface area contributed by atoms with Crippen molar-refractivity contribution in [3.8, 4) is 0 Å². The van der Waals surface area contributed by atoms with Gasteiger partial charge in [0.15, 0.2) is 0 Å². The molecule has 4 aliphatic rings. The zero-order chi connectivity index (χ0) is 27.0. The number of quaternary nitrogens is 1. The molecule has 0 saturated heterocycles. The molecule has 0 aromatic carbocycles. The quantitative estimate of drug-likeness (QED) is 0.251. The van der Waals surface area contributed by atoms with E-state index in [4.69, 9.17) is 4.74 Å². The van der Waals surface area contributed by atoms with Gasteiger partial charge in [0.25, 0.3) is 0 Å². The Morgan fingerprint density at radius 3 is 2.51 bits per heavy atom. The number of carbonyl (C=O) groups excluding carboxylic acids is 1. The molecule has 3 fully saturated rings. The van der Waals surface area contributed by atoms with E-state index in [1.165, 1.54) is 57.8 Å². The second kappa shape index (κ2) is 11.2. The first-order valence-corrected chi connectivity index (χ1v) is 15.8. The van der Waals surface area contributed by atoms with Crippen LogP contribution in [0.5, 0.6) is 0 Å². The van der Waals surface area contributed by atoms with Crippen molar-refractivity contribution in [3.63, 3.8) is 0 Å². The first kappa shape index (κ1) is 29.0. The average molecular weight is 516 g/mol. The summed E-state index contributed by atoms with van der Waals surface area (Å²) in [5.74, 6) is 5.21. The Balaban J connectivity index is 1.36. The molecule has 4 rings (SSSR count). The second-order valence-corrected chi connectivity index (χ2v) is 15.5. The Labute approximate surface area is 228 Å². The van der Waals surface area contributed by atoms with E-state index < -0.39 is 0 Å². The minimum Gasteiger partial charge on any atom is -0.446 e. The lowest BCUT2D eigenvalue weighted by Crippen LogP contribution is -2.51. The summed E-state index contributed by atoms with van der Waals surface area (Å²) in [7, 11) is 6.43. The molecule has 8 atom stereocenters. The fraction of sp³-hybridized carbons (Fsp3) is 0.909. The van der Waals surface area contributed by atoms with Gasteiger partial charge < -0.3 is 14.5 Å². The SMILES string of the molecule is CC(C)CCC[C@@H](C)[C@H]1CCC2C3CC=C4CC(OC(=O)NCC[N+](C)(C)C)CC[C@]4(C)C3CC[C@@]21C. The number of alkyl carbamates (subject to hydrolysis) is 1. The number of hydrogen-bond donors (Lipinski definition) is 1. The number of rotatable bonds is 9. The molecule has 0 bridgehead atoms. The summed E-state index contributed by atoms with van der Waals surface area (Å²) >= 11 is 0. The molecule has 0 aromatic heterocycles. The minimum atomic E-state index is -0.232. The Morgan fingerprint density at radius 2 is 1.81 bits per heavy atom. The maximum Gasteiger partial charge on any atom is 0.407 e. The zero-order valence-corrected chi connectivity index (χ0v) is 25.6. The Hall–Kier alpha value is -1.03. The molecule has 1 amide bonds. The van der Waals surface area contributed by atoms with Crippen molar-refractivity contribution < 1.29 is 14.0 Å². The number of ether oxygens (including phenoxy) is 1. The van der Waals surface area contributed by atoms with Crippen LogP contribution in [0.1, 0.15) is 105 Å². The molecular formula is C33H59N2O2+. The predicted octanol–water partition coefficient (Wildman–Crippen LogP) is 7.83. The number of hydrogen-bond acceptors (Lipinski definition) is 2. The molecule has 4 aliphatic carbocycles. The largest absolute Gasteiger partial charge is 0.446 e. The number of amides is 1. The van der Waals surface area contributed by atoms with E-state index in [1.54, 1.807) is 5.57 Å². The first-order valence-electron chi connectivity index (χ1n) is 15.8. The van der Waals surface area contributed by atoms with Crippen LogP contribution in [-0.2, 0) is 4.74 Å². The van der Waals surface area contributed by atoms with E-state index in [2.05, 4.69) is 67.2 Å². The number of allylic oxidation sites excluding steroid dienone is 1. The molecule has 0 aliphatic heterocycles. The molecule has 212 valence electrons. The van der Waals surface area contributed by atoms with Gasteiger partial charge in [0.1, 0.15) is 6.10 Å². The monoisotopic (exact) mass is 515 g/mol. The van der Waals surface area contributed by atoms with Crippen LogP contribution in [0, 0.1) is 46.3 Å². The standard InChI is InChI=1S/C33H58N2O2/c1-23(2)10-9-11-24(3)28-14-15-29-27-13-12-25-22-26(37-31(36)34-20-21-35(6,7)8)16-18-32(25,4)30(27)17-19-33(28,29)5/h12,23-24,26-30H,9-11,13-22H2,1-8H3/p+1/t24-,26?,27?,28-,29?,30?,32+,33-/m1/s1.